The Morgan fingerprint density at radius 3 is 2.56 bits per heavy atom. The molecule has 25 heavy (non-hydrogen) atoms. The molecule has 0 aliphatic heterocycles. The summed E-state index contributed by atoms with van der Waals surface area (Å²) in [4.78, 5) is 21.0. The SMILES string of the molecule is COc1ccc(CNC(=O)c2cc(C)nc(NCCC(C)C)n2)cc1. The smallest absolute Gasteiger partial charge is 0.270 e. The van der Waals surface area contributed by atoms with Crippen LogP contribution < -0.4 is 15.4 Å². The second-order valence-electron chi connectivity index (χ2n) is 6.36. The highest BCUT2D eigenvalue weighted by Gasteiger charge is 2.10. The first kappa shape index (κ1) is 18.7. The maximum absolute atomic E-state index is 12.4. The average Bonchev–Trinajstić information content (AvgIpc) is 2.59. The zero-order chi connectivity index (χ0) is 18.2. The van der Waals surface area contributed by atoms with Crippen LogP contribution in [0, 0.1) is 12.8 Å². The third-order valence-corrected chi connectivity index (χ3v) is 3.70. The number of nitrogens with one attached hydrogen (secondary N) is 2. The summed E-state index contributed by atoms with van der Waals surface area (Å²) >= 11 is 0. The van der Waals surface area contributed by atoms with Crippen molar-refractivity contribution in [1.29, 1.82) is 0 Å². The highest BCUT2D eigenvalue weighted by Crippen LogP contribution is 2.11. The molecule has 134 valence electrons. The van der Waals surface area contributed by atoms with Gasteiger partial charge in [0.2, 0.25) is 5.95 Å². The van der Waals surface area contributed by atoms with Gasteiger partial charge in [-0.3, -0.25) is 4.79 Å². The number of carbonyl (C=O) groups excluding carboxylic acids is 1. The number of benzene rings is 1. The van der Waals surface area contributed by atoms with E-state index in [0.717, 1.165) is 30.0 Å². The fourth-order valence-electron chi connectivity index (χ4n) is 2.25. The van der Waals surface area contributed by atoms with E-state index in [1.54, 1.807) is 13.2 Å². The maximum Gasteiger partial charge on any atom is 0.270 e. The molecule has 0 saturated heterocycles. The molecule has 0 saturated carbocycles. The van der Waals surface area contributed by atoms with Gasteiger partial charge in [-0.05, 0) is 43.0 Å². The van der Waals surface area contributed by atoms with Crippen LogP contribution in [0.15, 0.2) is 30.3 Å². The summed E-state index contributed by atoms with van der Waals surface area (Å²) in [5.41, 5.74) is 2.12. The molecule has 0 aliphatic rings. The van der Waals surface area contributed by atoms with Crippen molar-refractivity contribution in [2.45, 2.75) is 33.7 Å². The van der Waals surface area contributed by atoms with Crippen LogP contribution in [0.5, 0.6) is 5.75 Å². The van der Waals surface area contributed by atoms with Crippen molar-refractivity contribution in [2.75, 3.05) is 19.0 Å². The number of amides is 1. The summed E-state index contributed by atoms with van der Waals surface area (Å²) in [6, 6.07) is 9.27. The number of methoxy groups -OCH3 is 1. The molecule has 6 heteroatoms. The molecule has 0 fully saturated rings. The van der Waals surface area contributed by atoms with E-state index >= 15 is 0 Å². The number of carbonyl (C=O) groups is 1. The van der Waals surface area contributed by atoms with Gasteiger partial charge in [0.1, 0.15) is 11.4 Å². The average molecular weight is 342 g/mol. The Kier molecular flexibility index (Phi) is 6.74. The predicted octanol–water partition coefficient (Wildman–Crippen LogP) is 3.18. The number of hydrogen-bond donors (Lipinski definition) is 2. The number of rotatable bonds is 8. The fraction of sp³-hybridized carbons (Fsp3) is 0.421. The van der Waals surface area contributed by atoms with Gasteiger partial charge >= 0.3 is 0 Å². The van der Waals surface area contributed by atoms with E-state index in [4.69, 9.17) is 4.74 Å². The standard InChI is InChI=1S/C19H26N4O2/c1-13(2)9-10-20-19-22-14(3)11-17(23-19)18(24)21-12-15-5-7-16(25-4)8-6-15/h5-8,11,13H,9-10,12H2,1-4H3,(H,21,24)(H,20,22,23). The van der Waals surface area contributed by atoms with Crippen LogP contribution in [0.2, 0.25) is 0 Å². The zero-order valence-electron chi connectivity index (χ0n) is 15.3. The molecular weight excluding hydrogens is 316 g/mol. The predicted molar refractivity (Wildman–Crippen MR) is 98.9 cm³/mol. The molecule has 0 bridgehead atoms. The molecule has 6 nitrogen and oxygen atoms in total. The van der Waals surface area contributed by atoms with E-state index in [9.17, 15) is 4.79 Å². The van der Waals surface area contributed by atoms with Crippen LogP contribution >= 0.6 is 0 Å². The Balaban J connectivity index is 1.96. The van der Waals surface area contributed by atoms with Gasteiger partial charge < -0.3 is 15.4 Å². The molecular formula is C19H26N4O2. The number of nitrogens with zero attached hydrogens (tertiary/aromatic N) is 2. The monoisotopic (exact) mass is 342 g/mol. The minimum Gasteiger partial charge on any atom is -0.497 e. The van der Waals surface area contributed by atoms with Gasteiger partial charge in [0.25, 0.3) is 5.91 Å². The molecule has 2 aromatic rings. The third kappa shape index (κ3) is 6.06. The van der Waals surface area contributed by atoms with Gasteiger partial charge in [0.05, 0.1) is 7.11 Å². The number of aromatic nitrogens is 2. The van der Waals surface area contributed by atoms with Crippen molar-refractivity contribution in [3.05, 3.63) is 47.3 Å². The summed E-state index contributed by atoms with van der Waals surface area (Å²) in [6.45, 7) is 7.40. The summed E-state index contributed by atoms with van der Waals surface area (Å²) in [6.07, 6.45) is 1.02. The minimum absolute atomic E-state index is 0.215. The van der Waals surface area contributed by atoms with Gasteiger partial charge in [0, 0.05) is 18.8 Å². The van der Waals surface area contributed by atoms with Gasteiger partial charge in [-0.1, -0.05) is 26.0 Å². The van der Waals surface area contributed by atoms with E-state index < -0.39 is 0 Å². The molecule has 1 aromatic carbocycles. The Morgan fingerprint density at radius 2 is 1.92 bits per heavy atom. The molecule has 1 heterocycles. The summed E-state index contributed by atoms with van der Waals surface area (Å²) < 4.78 is 5.13. The molecule has 0 unspecified atom stereocenters. The fourth-order valence-corrected chi connectivity index (χ4v) is 2.25. The Hall–Kier alpha value is -2.63. The summed E-state index contributed by atoms with van der Waals surface area (Å²) in [7, 11) is 1.63. The van der Waals surface area contributed by atoms with Crippen LogP contribution in [0.25, 0.3) is 0 Å². The van der Waals surface area contributed by atoms with Crippen molar-refractivity contribution in [1.82, 2.24) is 15.3 Å². The minimum atomic E-state index is -0.215. The van der Waals surface area contributed by atoms with E-state index in [0.29, 0.717) is 24.1 Å². The van der Waals surface area contributed by atoms with Crippen molar-refractivity contribution in [3.63, 3.8) is 0 Å². The second kappa shape index (κ2) is 9.01. The highest BCUT2D eigenvalue weighted by atomic mass is 16.5. The van der Waals surface area contributed by atoms with Crippen LogP contribution in [0.4, 0.5) is 5.95 Å². The lowest BCUT2D eigenvalue weighted by molar-refractivity contribution is 0.0945. The Morgan fingerprint density at radius 1 is 1.20 bits per heavy atom. The normalized spacial score (nSPS) is 10.6. The molecule has 2 N–H and O–H groups in total. The van der Waals surface area contributed by atoms with Crippen molar-refractivity contribution >= 4 is 11.9 Å². The first-order chi connectivity index (χ1) is 12.0. The molecule has 0 aliphatic carbocycles. The molecule has 0 spiro atoms. The molecule has 0 atom stereocenters. The van der Waals surface area contributed by atoms with Crippen LogP contribution in [0.3, 0.4) is 0 Å². The zero-order valence-corrected chi connectivity index (χ0v) is 15.3. The number of hydrogen-bond acceptors (Lipinski definition) is 5. The Labute approximate surface area is 149 Å². The van der Waals surface area contributed by atoms with Crippen LogP contribution in [-0.2, 0) is 6.54 Å². The quantitative estimate of drug-likeness (QED) is 0.770. The Bertz CT molecular complexity index is 699. The largest absolute Gasteiger partial charge is 0.497 e. The van der Waals surface area contributed by atoms with E-state index in [2.05, 4.69) is 34.4 Å². The van der Waals surface area contributed by atoms with Gasteiger partial charge in [-0.2, -0.15) is 0 Å². The molecule has 1 aromatic heterocycles. The number of anilines is 1. The van der Waals surface area contributed by atoms with Crippen molar-refractivity contribution in [3.8, 4) is 5.75 Å². The van der Waals surface area contributed by atoms with Gasteiger partial charge in [0.15, 0.2) is 0 Å². The number of aryl methyl sites for hydroxylation is 1. The highest BCUT2D eigenvalue weighted by molar-refractivity contribution is 5.92. The van der Waals surface area contributed by atoms with E-state index in [1.165, 1.54) is 0 Å². The first-order valence-corrected chi connectivity index (χ1v) is 8.48. The first-order valence-electron chi connectivity index (χ1n) is 8.48. The lowest BCUT2D eigenvalue weighted by Crippen LogP contribution is -2.24. The van der Waals surface area contributed by atoms with Gasteiger partial charge in [-0.15, -0.1) is 0 Å². The maximum atomic E-state index is 12.4. The van der Waals surface area contributed by atoms with Gasteiger partial charge in [-0.25, -0.2) is 9.97 Å². The number of ether oxygens (including phenoxy) is 1. The molecule has 0 radical (unpaired) electrons. The summed E-state index contributed by atoms with van der Waals surface area (Å²) in [5, 5.41) is 6.07. The lowest BCUT2D eigenvalue weighted by Gasteiger charge is -2.10. The summed E-state index contributed by atoms with van der Waals surface area (Å²) in [5.74, 6) is 1.67. The van der Waals surface area contributed by atoms with Crippen LogP contribution in [-0.4, -0.2) is 29.5 Å². The topological polar surface area (TPSA) is 76.1 Å². The lowest BCUT2D eigenvalue weighted by atomic mass is 10.1. The van der Waals surface area contributed by atoms with E-state index in [1.807, 2.05) is 31.2 Å². The van der Waals surface area contributed by atoms with E-state index in [-0.39, 0.29) is 5.91 Å². The van der Waals surface area contributed by atoms with Crippen molar-refractivity contribution < 1.29 is 9.53 Å². The second-order valence-corrected chi connectivity index (χ2v) is 6.36. The third-order valence-electron chi connectivity index (χ3n) is 3.70. The molecule has 1 amide bonds. The molecule has 2 rings (SSSR count). The van der Waals surface area contributed by atoms with Crippen molar-refractivity contribution in [2.24, 2.45) is 5.92 Å². The van der Waals surface area contributed by atoms with Crippen LogP contribution in [0.1, 0.15) is 42.0 Å².